The van der Waals surface area contributed by atoms with Crippen molar-refractivity contribution in [2.75, 3.05) is 17.2 Å². The van der Waals surface area contributed by atoms with Gasteiger partial charge in [-0.25, -0.2) is 9.07 Å². The van der Waals surface area contributed by atoms with Gasteiger partial charge in [-0.3, -0.25) is 9.67 Å². The van der Waals surface area contributed by atoms with Gasteiger partial charge < -0.3 is 10.6 Å². The van der Waals surface area contributed by atoms with Crippen LogP contribution in [-0.2, 0) is 18.9 Å². The number of hydrogen-bond donors (Lipinski definition) is 2. The Morgan fingerprint density at radius 1 is 1.23 bits per heavy atom. The first-order chi connectivity index (χ1) is 19.4. The first-order valence-electron chi connectivity index (χ1n) is 13.1. The van der Waals surface area contributed by atoms with Gasteiger partial charge in [-0.1, -0.05) is 28.9 Å². The first-order valence-corrected chi connectivity index (χ1v) is 13.4. The third-order valence-electron chi connectivity index (χ3n) is 7.41. The van der Waals surface area contributed by atoms with Crippen molar-refractivity contribution >= 4 is 41.7 Å². The van der Waals surface area contributed by atoms with Crippen LogP contribution in [-0.4, -0.2) is 44.1 Å². The quantitative estimate of drug-likeness (QED) is 0.264. The number of nitrogens with one attached hydrogen (secondary N) is 2. The zero-order chi connectivity index (χ0) is 27.9. The van der Waals surface area contributed by atoms with Gasteiger partial charge in [0, 0.05) is 49.2 Å². The second kappa shape index (κ2) is 10.3. The molecule has 3 heterocycles. The van der Waals surface area contributed by atoms with Crippen molar-refractivity contribution in [1.29, 1.82) is 5.26 Å². The summed E-state index contributed by atoms with van der Waals surface area (Å²) in [4.78, 5) is 4.47. The number of fused-ring (bicyclic) bond motifs is 1. The Bertz CT molecular complexity index is 1740. The summed E-state index contributed by atoms with van der Waals surface area (Å²) in [6.07, 6.45) is 8.11. The molecule has 1 aliphatic carbocycles. The zero-order valence-corrected chi connectivity index (χ0v) is 22.8. The lowest BCUT2D eigenvalue weighted by atomic mass is 9.69. The van der Waals surface area contributed by atoms with Crippen LogP contribution in [0.25, 0.3) is 10.9 Å². The maximum atomic E-state index is 13.9. The number of benzene rings is 2. The Hall–Kier alpha value is -4.43. The molecule has 1 saturated carbocycles. The molecular weight excluding hydrogens is 528 g/mol. The Kier molecular flexibility index (Phi) is 6.64. The molecule has 6 rings (SSSR count). The smallest absolute Gasteiger partial charge is 0.148 e. The van der Waals surface area contributed by atoms with Crippen LogP contribution in [0.2, 0.25) is 5.02 Å². The maximum Gasteiger partial charge on any atom is 0.148 e. The Balaban J connectivity index is 1.40. The molecule has 200 valence electrons. The van der Waals surface area contributed by atoms with E-state index in [1.807, 2.05) is 42.6 Å². The topological polar surface area (TPSA) is 109 Å². The highest BCUT2D eigenvalue weighted by molar-refractivity contribution is 6.36. The maximum absolute atomic E-state index is 13.9. The predicted octanol–water partition coefficient (Wildman–Crippen LogP) is 4.16. The summed E-state index contributed by atoms with van der Waals surface area (Å²) in [7, 11) is 3.88. The molecule has 0 saturated heterocycles. The number of nitrogens with zero attached hydrogens (tertiary/aromatic N) is 7. The molecule has 9 nitrogen and oxygen atoms in total. The molecule has 3 aromatic heterocycles. The van der Waals surface area contributed by atoms with E-state index >= 15 is 0 Å². The lowest BCUT2D eigenvalue weighted by Crippen LogP contribution is -2.37. The number of anilines is 2. The molecule has 1 unspecified atom stereocenters. The monoisotopic (exact) mass is 553 g/mol. The van der Waals surface area contributed by atoms with E-state index in [0.717, 1.165) is 30.5 Å². The second-order valence-corrected chi connectivity index (χ2v) is 10.6. The molecule has 40 heavy (non-hydrogen) atoms. The molecule has 1 fully saturated rings. The minimum atomic E-state index is -0.856. The van der Waals surface area contributed by atoms with Gasteiger partial charge >= 0.3 is 0 Å². The SMILES string of the molecule is BC(Nc1cc(Cl)c2ncc(C#N)c(NCCc3ccnn3C)c2c1)(c1ccc(F)cc1)c1cn(C2CC2)nn1. The summed E-state index contributed by atoms with van der Waals surface area (Å²) < 4.78 is 17.6. The van der Waals surface area contributed by atoms with Crippen LogP contribution in [0, 0.1) is 17.1 Å². The minimum Gasteiger partial charge on any atom is -0.383 e. The van der Waals surface area contributed by atoms with Gasteiger partial charge in [-0.05, 0) is 48.7 Å². The van der Waals surface area contributed by atoms with Gasteiger partial charge in [-0.2, -0.15) is 10.4 Å². The Morgan fingerprint density at radius 3 is 2.73 bits per heavy atom. The number of aromatic nitrogens is 6. The summed E-state index contributed by atoms with van der Waals surface area (Å²) in [5, 5.41) is 31.1. The van der Waals surface area contributed by atoms with Gasteiger partial charge in [0.1, 0.15) is 25.4 Å². The summed E-state index contributed by atoms with van der Waals surface area (Å²) in [6, 6.07) is 14.6. The van der Waals surface area contributed by atoms with Crippen LogP contribution in [0.4, 0.5) is 15.8 Å². The van der Waals surface area contributed by atoms with Crippen LogP contribution in [0.15, 0.2) is 61.1 Å². The van der Waals surface area contributed by atoms with E-state index in [2.05, 4.69) is 37.1 Å². The van der Waals surface area contributed by atoms with E-state index in [0.29, 0.717) is 51.1 Å². The highest BCUT2D eigenvalue weighted by atomic mass is 35.5. The van der Waals surface area contributed by atoms with Crippen molar-refractivity contribution in [3.63, 3.8) is 0 Å². The lowest BCUT2D eigenvalue weighted by molar-refractivity contribution is 0.610. The van der Waals surface area contributed by atoms with Crippen LogP contribution in [0.1, 0.15) is 41.4 Å². The molecule has 0 aliphatic heterocycles. The van der Waals surface area contributed by atoms with Crippen molar-refractivity contribution in [3.05, 3.63) is 94.4 Å². The molecule has 1 aliphatic rings. The standard InChI is InChI=1S/C28H26BClFN9/c1-39-21(9-11-35-39)8-10-33-26-17(14-32)15-34-27-23(26)12-20(13-24(27)30)36-28(29,18-2-4-19(31)5-3-18)25-16-40(38-37-25)22-6-7-22/h2-5,9,11-13,15-16,22,36H,6-8,10,29H2,1H3,(H,33,34). The molecule has 1 atom stereocenters. The van der Waals surface area contributed by atoms with E-state index in [1.54, 1.807) is 24.4 Å². The van der Waals surface area contributed by atoms with E-state index in [9.17, 15) is 9.65 Å². The molecule has 0 radical (unpaired) electrons. The average Bonchev–Trinajstić information content (AvgIpc) is 3.52. The molecule has 12 heteroatoms. The summed E-state index contributed by atoms with van der Waals surface area (Å²) in [5.41, 5.74) is 4.06. The van der Waals surface area contributed by atoms with Crippen molar-refractivity contribution < 1.29 is 4.39 Å². The molecule has 0 spiro atoms. The largest absolute Gasteiger partial charge is 0.383 e. The number of halogens is 2. The van der Waals surface area contributed by atoms with Crippen molar-refractivity contribution in [3.8, 4) is 6.07 Å². The molecule has 5 aromatic rings. The van der Waals surface area contributed by atoms with E-state index in [1.165, 1.54) is 18.3 Å². The first kappa shape index (κ1) is 25.8. The second-order valence-electron chi connectivity index (χ2n) is 10.2. The number of nitriles is 1. The van der Waals surface area contributed by atoms with Crippen LogP contribution in [0.3, 0.4) is 0 Å². The fourth-order valence-electron chi connectivity index (χ4n) is 4.95. The summed E-state index contributed by atoms with van der Waals surface area (Å²) in [6.45, 7) is 0.584. The van der Waals surface area contributed by atoms with Gasteiger partial charge in [0.25, 0.3) is 0 Å². The fraction of sp³-hybridized carbons (Fsp3) is 0.250. The minimum absolute atomic E-state index is 0.321. The Labute approximate surface area is 236 Å². The lowest BCUT2D eigenvalue weighted by Gasteiger charge is -2.31. The number of aryl methyl sites for hydroxylation is 1. The van der Waals surface area contributed by atoms with Gasteiger partial charge in [0.05, 0.1) is 39.5 Å². The van der Waals surface area contributed by atoms with Crippen LogP contribution in [0.5, 0.6) is 0 Å². The predicted molar refractivity (Wildman–Crippen MR) is 155 cm³/mol. The van der Waals surface area contributed by atoms with Gasteiger partial charge in [-0.15, -0.1) is 5.10 Å². The Morgan fingerprint density at radius 2 is 2.02 bits per heavy atom. The normalized spacial score (nSPS) is 14.6. The highest BCUT2D eigenvalue weighted by Crippen LogP contribution is 2.38. The molecule has 2 N–H and O–H groups in total. The fourth-order valence-corrected chi connectivity index (χ4v) is 5.22. The van der Waals surface area contributed by atoms with E-state index in [4.69, 9.17) is 11.6 Å². The van der Waals surface area contributed by atoms with Crippen molar-refractivity contribution in [1.82, 2.24) is 29.8 Å². The average molecular weight is 554 g/mol. The van der Waals surface area contributed by atoms with Crippen molar-refractivity contribution in [2.24, 2.45) is 7.05 Å². The zero-order valence-electron chi connectivity index (χ0n) is 22.1. The molecular formula is C28H26BClFN9. The molecule has 0 bridgehead atoms. The summed E-state index contributed by atoms with van der Waals surface area (Å²) in [5.74, 6) is -0.321. The van der Waals surface area contributed by atoms with E-state index < -0.39 is 5.44 Å². The summed E-state index contributed by atoms with van der Waals surface area (Å²) >= 11 is 6.75. The number of rotatable bonds is 9. The molecule has 2 aromatic carbocycles. The van der Waals surface area contributed by atoms with Crippen molar-refractivity contribution in [2.45, 2.75) is 30.7 Å². The van der Waals surface area contributed by atoms with Gasteiger partial charge in [0.2, 0.25) is 0 Å². The van der Waals surface area contributed by atoms with Crippen LogP contribution >= 0.6 is 11.6 Å². The third kappa shape index (κ3) is 4.87. The van der Waals surface area contributed by atoms with Gasteiger partial charge in [0.15, 0.2) is 0 Å². The highest BCUT2D eigenvalue weighted by Gasteiger charge is 2.34. The number of hydrogen-bond acceptors (Lipinski definition) is 7. The number of pyridine rings is 1. The van der Waals surface area contributed by atoms with Crippen LogP contribution < -0.4 is 10.6 Å². The molecule has 0 amide bonds. The third-order valence-corrected chi connectivity index (χ3v) is 7.70. The van der Waals surface area contributed by atoms with E-state index in [-0.39, 0.29) is 5.82 Å².